The summed E-state index contributed by atoms with van der Waals surface area (Å²) in [5, 5.41) is 0. The molecule has 0 spiro atoms. The van der Waals surface area contributed by atoms with Gasteiger partial charge in [-0.1, -0.05) is 29.8 Å². The zero-order valence-corrected chi connectivity index (χ0v) is 15.4. The van der Waals surface area contributed by atoms with Gasteiger partial charge in [0.15, 0.2) is 5.75 Å². The van der Waals surface area contributed by atoms with Crippen molar-refractivity contribution in [2.24, 2.45) is 5.41 Å². The molecule has 140 valence electrons. The average Bonchev–Trinajstić information content (AvgIpc) is 2.73. The van der Waals surface area contributed by atoms with Crippen molar-refractivity contribution in [2.75, 3.05) is 13.1 Å². The van der Waals surface area contributed by atoms with E-state index in [1.165, 1.54) is 0 Å². The van der Waals surface area contributed by atoms with Crippen molar-refractivity contribution in [2.45, 2.75) is 20.3 Å². The molecule has 0 atom stereocenters. The predicted octanol–water partition coefficient (Wildman–Crippen LogP) is 3.42. The van der Waals surface area contributed by atoms with Gasteiger partial charge in [0.1, 0.15) is 0 Å². The van der Waals surface area contributed by atoms with Gasteiger partial charge in [-0.05, 0) is 44.5 Å². The molecule has 1 aromatic carbocycles. The maximum atomic E-state index is 12.5. The molecule has 1 aliphatic rings. The summed E-state index contributed by atoms with van der Waals surface area (Å²) in [4.78, 5) is 40.9. The van der Waals surface area contributed by atoms with E-state index in [2.05, 4.69) is 4.98 Å². The molecular weight excluding hydrogens is 344 g/mol. The van der Waals surface area contributed by atoms with Gasteiger partial charge in [-0.3, -0.25) is 14.7 Å². The Kier molecular flexibility index (Phi) is 5.54. The molecule has 0 saturated heterocycles. The highest BCUT2D eigenvalue weighted by Crippen LogP contribution is 2.33. The first-order valence-corrected chi connectivity index (χ1v) is 8.81. The third-order valence-corrected chi connectivity index (χ3v) is 4.67. The van der Waals surface area contributed by atoms with Crippen LogP contribution in [-0.4, -0.2) is 34.8 Å². The highest BCUT2D eigenvalue weighted by molar-refractivity contribution is 5.94. The first-order valence-electron chi connectivity index (χ1n) is 8.81. The van der Waals surface area contributed by atoms with Gasteiger partial charge in [0.25, 0.3) is 5.91 Å². The van der Waals surface area contributed by atoms with Crippen LogP contribution in [0, 0.1) is 5.41 Å². The number of hydrogen-bond acceptors (Lipinski definition) is 5. The van der Waals surface area contributed by atoms with E-state index in [-0.39, 0.29) is 5.91 Å². The lowest BCUT2D eigenvalue weighted by molar-refractivity contribution is -0.222. The van der Waals surface area contributed by atoms with E-state index < -0.39 is 11.4 Å². The number of amides is 1. The molecule has 3 rings (SSSR count). The molecule has 2 heterocycles. The smallest absolute Gasteiger partial charge is 0.335 e. The lowest BCUT2D eigenvalue weighted by atomic mass is 9.81. The Balaban J connectivity index is 1.61. The number of benzene rings is 1. The normalized spacial score (nSPS) is 14.3. The molecule has 6 nitrogen and oxygen atoms in total. The number of pyridine rings is 1. The van der Waals surface area contributed by atoms with E-state index in [0.717, 1.165) is 5.57 Å². The zero-order chi connectivity index (χ0) is 19.3. The Morgan fingerprint density at radius 1 is 1.11 bits per heavy atom. The number of nitrogens with zero attached hydrogens (tertiary/aromatic N) is 2. The van der Waals surface area contributed by atoms with Gasteiger partial charge in [0.2, 0.25) is 0 Å². The molecule has 0 fully saturated rings. The Morgan fingerprint density at radius 2 is 1.89 bits per heavy atom. The molecule has 0 N–H and O–H groups in total. The highest BCUT2D eigenvalue weighted by Gasteiger charge is 2.36. The van der Waals surface area contributed by atoms with Crippen LogP contribution in [-0.2, 0) is 9.68 Å². The van der Waals surface area contributed by atoms with Crippen LogP contribution in [0.4, 0.5) is 0 Å². The molecule has 0 radical (unpaired) electrons. The second-order valence-electron chi connectivity index (χ2n) is 6.86. The van der Waals surface area contributed by atoms with Crippen molar-refractivity contribution in [1.29, 1.82) is 0 Å². The Bertz CT molecular complexity index is 832. The van der Waals surface area contributed by atoms with Crippen LogP contribution in [0.5, 0.6) is 5.75 Å². The van der Waals surface area contributed by atoms with Gasteiger partial charge < -0.3 is 4.90 Å². The maximum Gasteiger partial charge on any atom is 0.364 e. The molecule has 6 heteroatoms. The van der Waals surface area contributed by atoms with Crippen LogP contribution in [0.2, 0.25) is 0 Å². The number of carbonyl (C=O) groups excluding carboxylic acids is 2. The number of hydrogen-bond donors (Lipinski definition) is 0. The van der Waals surface area contributed by atoms with Crippen molar-refractivity contribution in [3.8, 4) is 5.75 Å². The largest absolute Gasteiger partial charge is 0.364 e. The third kappa shape index (κ3) is 4.34. The summed E-state index contributed by atoms with van der Waals surface area (Å²) >= 11 is 0. The van der Waals surface area contributed by atoms with Crippen molar-refractivity contribution >= 4 is 11.9 Å². The predicted molar refractivity (Wildman–Crippen MR) is 99.8 cm³/mol. The Labute approximate surface area is 158 Å². The van der Waals surface area contributed by atoms with Crippen LogP contribution < -0.4 is 4.89 Å². The van der Waals surface area contributed by atoms with Gasteiger partial charge in [-0.15, -0.1) is 0 Å². The number of rotatable bonds is 5. The fourth-order valence-electron chi connectivity index (χ4n) is 2.89. The topological polar surface area (TPSA) is 68.7 Å². The van der Waals surface area contributed by atoms with Gasteiger partial charge in [0.05, 0.1) is 11.0 Å². The van der Waals surface area contributed by atoms with E-state index in [9.17, 15) is 9.59 Å². The van der Waals surface area contributed by atoms with E-state index in [0.29, 0.717) is 30.8 Å². The summed E-state index contributed by atoms with van der Waals surface area (Å²) in [5.74, 6) is -0.0663. The van der Waals surface area contributed by atoms with Gasteiger partial charge in [-0.2, -0.15) is 0 Å². The minimum absolute atomic E-state index is 0.0637. The fraction of sp³-hybridized carbons (Fsp3) is 0.286. The fourth-order valence-corrected chi connectivity index (χ4v) is 2.89. The minimum atomic E-state index is -0.835. The second kappa shape index (κ2) is 8.03. The molecule has 1 amide bonds. The van der Waals surface area contributed by atoms with Crippen LogP contribution in [0.15, 0.2) is 66.5 Å². The Hall–Kier alpha value is -3.15. The monoisotopic (exact) mass is 366 g/mol. The van der Waals surface area contributed by atoms with Gasteiger partial charge in [0, 0.05) is 25.5 Å². The quantitative estimate of drug-likeness (QED) is 0.461. The molecule has 0 aliphatic carbocycles. The molecule has 0 unspecified atom stereocenters. The van der Waals surface area contributed by atoms with Crippen molar-refractivity contribution < 1.29 is 19.4 Å². The molecule has 2 aromatic rings. The first kappa shape index (κ1) is 18.6. The number of aromatic nitrogens is 1. The van der Waals surface area contributed by atoms with Crippen molar-refractivity contribution in [3.05, 3.63) is 72.1 Å². The summed E-state index contributed by atoms with van der Waals surface area (Å²) < 4.78 is 0. The van der Waals surface area contributed by atoms with Crippen LogP contribution in [0.1, 0.15) is 30.6 Å². The summed E-state index contributed by atoms with van der Waals surface area (Å²) in [7, 11) is 0. The zero-order valence-electron chi connectivity index (χ0n) is 15.4. The number of para-hydroxylation sites is 1. The average molecular weight is 366 g/mol. The molecule has 0 bridgehead atoms. The molecule has 1 aliphatic heterocycles. The Morgan fingerprint density at radius 3 is 2.52 bits per heavy atom. The second-order valence-corrected chi connectivity index (χ2v) is 6.86. The maximum absolute atomic E-state index is 12.5. The van der Waals surface area contributed by atoms with Crippen LogP contribution >= 0.6 is 0 Å². The summed E-state index contributed by atoms with van der Waals surface area (Å²) in [6, 6.07) is 12.4. The first-order chi connectivity index (χ1) is 13.0. The van der Waals surface area contributed by atoms with E-state index in [4.69, 9.17) is 9.78 Å². The molecular formula is C21H22N2O4. The summed E-state index contributed by atoms with van der Waals surface area (Å²) in [6.07, 6.45) is 5.71. The van der Waals surface area contributed by atoms with Crippen molar-refractivity contribution in [3.63, 3.8) is 0 Å². The standard InChI is InChI=1S/C21H22N2O4/c1-21(2,20(25)27-26-18-8-4-3-5-9-18)17-10-13-23(14-11-17)19(24)16-7-6-12-22-15-16/h3-10,12,15H,11,13-14H2,1-2H3. The third-order valence-electron chi connectivity index (χ3n) is 4.67. The van der Waals surface area contributed by atoms with Crippen LogP contribution in [0.3, 0.4) is 0 Å². The lowest BCUT2D eigenvalue weighted by Gasteiger charge is -2.32. The van der Waals surface area contributed by atoms with E-state index >= 15 is 0 Å². The highest BCUT2D eigenvalue weighted by atomic mass is 17.2. The van der Waals surface area contributed by atoms with Crippen LogP contribution in [0.25, 0.3) is 0 Å². The SMILES string of the molecule is CC(C)(C(=O)OOc1ccccc1)C1=CCN(C(=O)c2cccnc2)CC1. The molecule has 27 heavy (non-hydrogen) atoms. The summed E-state index contributed by atoms with van der Waals surface area (Å²) in [6.45, 7) is 4.58. The molecule has 0 saturated carbocycles. The van der Waals surface area contributed by atoms with E-state index in [1.54, 1.807) is 67.5 Å². The van der Waals surface area contributed by atoms with Gasteiger partial charge in [-0.25, -0.2) is 9.68 Å². The minimum Gasteiger partial charge on any atom is -0.335 e. The van der Waals surface area contributed by atoms with Gasteiger partial charge >= 0.3 is 5.97 Å². The summed E-state index contributed by atoms with van der Waals surface area (Å²) in [5.41, 5.74) is 0.654. The van der Waals surface area contributed by atoms with Crippen molar-refractivity contribution in [1.82, 2.24) is 9.88 Å². The number of carbonyl (C=O) groups is 2. The van der Waals surface area contributed by atoms with E-state index in [1.807, 2.05) is 12.1 Å². The molecule has 1 aromatic heterocycles. The lowest BCUT2D eigenvalue weighted by Crippen LogP contribution is -2.39.